The SMILES string of the molecule is CCC(C)(C)N1CCC(N2CCC(O)CC2)C1. The lowest BCUT2D eigenvalue weighted by atomic mass is 10.00. The minimum Gasteiger partial charge on any atom is -0.393 e. The van der Waals surface area contributed by atoms with E-state index in [1.165, 1.54) is 25.9 Å². The zero-order chi connectivity index (χ0) is 12.5. The molecule has 0 radical (unpaired) electrons. The van der Waals surface area contributed by atoms with Gasteiger partial charge in [0.1, 0.15) is 0 Å². The molecule has 0 aromatic rings. The van der Waals surface area contributed by atoms with E-state index >= 15 is 0 Å². The maximum Gasteiger partial charge on any atom is 0.0564 e. The number of nitrogens with zero attached hydrogens (tertiary/aromatic N) is 2. The molecule has 0 aliphatic carbocycles. The smallest absolute Gasteiger partial charge is 0.0564 e. The van der Waals surface area contributed by atoms with E-state index in [1.807, 2.05) is 0 Å². The van der Waals surface area contributed by atoms with Gasteiger partial charge < -0.3 is 5.11 Å². The molecule has 0 aromatic carbocycles. The van der Waals surface area contributed by atoms with Crippen LogP contribution in [-0.2, 0) is 0 Å². The number of likely N-dealkylation sites (tertiary alicyclic amines) is 2. The molecule has 3 heteroatoms. The third kappa shape index (κ3) is 3.01. The largest absolute Gasteiger partial charge is 0.393 e. The Hall–Kier alpha value is -0.120. The summed E-state index contributed by atoms with van der Waals surface area (Å²) in [5.74, 6) is 0. The molecule has 0 spiro atoms. The molecule has 0 aromatic heterocycles. The van der Waals surface area contributed by atoms with Crippen LogP contribution in [0.15, 0.2) is 0 Å². The summed E-state index contributed by atoms with van der Waals surface area (Å²) >= 11 is 0. The number of aliphatic hydroxyl groups is 1. The Morgan fingerprint density at radius 1 is 1.12 bits per heavy atom. The van der Waals surface area contributed by atoms with Crippen LogP contribution in [0.2, 0.25) is 0 Å². The number of rotatable bonds is 3. The average molecular weight is 240 g/mol. The van der Waals surface area contributed by atoms with Crippen molar-refractivity contribution in [2.45, 2.75) is 64.1 Å². The summed E-state index contributed by atoms with van der Waals surface area (Å²) in [6, 6.07) is 0.730. The molecular formula is C14H28N2O. The molecule has 0 bridgehead atoms. The molecule has 2 aliphatic heterocycles. The van der Waals surface area contributed by atoms with E-state index in [1.54, 1.807) is 0 Å². The zero-order valence-electron chi connectivity index (χ0n) is 11.7. The lowest BCUT2D eigenvalue weighted by molar-refractivity contribution is 0.0569. The van der Waals surface area contributed by atoms with Gasteiger partial charge in [-0.3, -0.25) is 9.80 Å². The Morgan fingerprint density at radius 3 is 2.35 bits per heavy atom. The summed E-state index contributed by atoms with van der Waals surface area (Å²) in [5.41, 5.74) is 0.351. The van der Waals surface area contributed by atoms with Crippen LogP contribution >= 0.6 is 0 Å². The van der Waals surface area contributed by atoms with Crippen LogP contribution in [-0.4, -0.2) is 58.8 Å². The molecule has 2 aliphatic rings. The number of hydrogen-bond donors (Lipinski definition) is 1. The molecule has 3 nitrogen and oxygen atoms in total. The third-order valence-corrected chi connectivity index (χ3v) is 4.90. The van der Waals surface area contributed by atoms with Crippen LogP contribution in [0.1, 0.15) is 46.5 Å². The molecule has 1 N–H and O–H groups in total. The molecule has 1 atom stereocenters. The van der Waals surface area contributed by atoms with Crippen LogP contribution < -0.4 is 0 Å². The van der Waals surface area contributed by atoms with Gasteiger partial charge in [0, 0.05) is 37.8 Å². The van der Waals surface area contributed by atoms with E-state index in [0.29, 0.717) is 5.54 Å². The topological polar surface area (TPSA) is 26.7 Å². The van der Waals surface area contributed by atoms with Crippen molar-refractivity contribution in [3.8, 4) is 0 Å². The van der Waals surface area contributed by atoms with Crippen molar-refractivity contribution >= 4 is 0 Å². The Kier molecular flexibility index (Phi) is 4.11. The van der Waals surface area contributed by atoms with Gasteiger partial charge in [-0.05, 0) is 39.5 Å². The van der Waals surface area contributed by atoms with E-state index in [9.17, 15) is 5.11 Å². The molecule has 0 saturated carbocycles. The van der Waals surface area contributed by atoms with Crippen LogP contribution in [0.3, 0.4) is 0 Å². The first-order valence-corrected chi connectivity index (χ1v) is 7.20. The maximum atomic E-state index is 9.55. The number of piperidine rings is 1. The van der Waals surface area contributed by atoms with E-state index < -0.39 is 0 Å². The highest BCUT2D eigenvalue weighted by molar-refractivity contribution is 4.92. The second-order valence-corrected chi connectivity index (χ2v) is 6.32. The number of hydrogen-bond acceptors (Lipinski definition) is 3. The van der Waals surface area contributed by atoms with Gasteiger partial charge in [0.05, 0.1) is 6.10 Å². The van der Waals surface area contributed by atoms with Crippen LogP contribution in [0, 0.1) is 0 Å². The van der Waals surface area contributed by atoms with Gasteiger partial charge in [0.2, 0.25) is 0 Å². The van der Waals surface area contributed by atoms with Crippen molar-refractivity contribution in [3.05, 3.63) is 0 Å². The lowest BCUT2D eigenvalue weighted by Gasteiger charge is -2.37. The quantitative estimate of drug-likeness (QED) is 0.813. The van der Waals surface area contributed by atoms with Gasteiger partial charge in [-0.2, -0.15) is 0 Å². The molecule has 17 heavy (non-hydrogen) atoms. The molecule has 2 heterocycles. The van der Waals surface area contributed by atoms with Crippen LogP contribution in [0.5, 0.6) is 0 Å². The van der Waals surface area contributed by atoms with Crippen molar-refractivity contribution in [1.29, 1.82) is 0 Å². The highest BCUT2D eigenvalue weighted by Crippen LogP contribution is 2.27. The highest BCUT2D eigenvalue weighted by atomic mass is 16.3. The number of aliphatic hydroxyl groups excluding tert-OH is 1. The van der Waals surface area contributed by atoms with E-state index in [4.69, 9.17) is 0 Å². The standard InChI is InChI=1S/C14H28N2O/c1-4-14(2,3)16-10-5-12(11-16)15-8-6-13(17)7-9-15/h12-13,17H,4-11H2,1-3H3. The predicted octanol–water partition coefficient (Wildman–Crippen LogP) is 1.71. The first-order valence-electron chi connectivity index (χ1n) is 7.20. The highest BCUT2D eigenvalue weighted by Gasteiger charge is 2.35. The molecule has 1 unspecified atom stereocenters. The van der Waals surface area contributed by atoms with Gasteiger partial charge in [0.15, 0.2) is 0 Å². The van der Waals surface area contributed by atoms with Gasteiger partial charge in [-0.25, -0.2) is 0 Å². The summed E-state index contributed by atoms with van der Waals surface area (Å²) in [7, 11) is 0. The van der Waals surface area contributed by atoms with E-state index in [0.717, 1.165) is 32.0 Å². The molecule has 2 rings (SSSR count). The maximum absolute atomic E-state index is 9.55. The van der Waals surface area contributed by atoms with Crippen molar-refractivity contribution in [1.82, 2.24) is 9.80 Å². The molecule has 0 amide bonds. The summed E-state index contributed by atoms with van der Waals surface area (Å²) in [6.07, 6.45) is 4.41. The van der Waals surface area contributed by atoms with Gasteiger partial charge >= 0.3 is 0 Å². The fraction of sp³-hybridized carbons (Fsp3) is 1.00. The van der Waals surface area contributed by atoms with Crippen molar-refractivity contribution in [3.63, 3.8) is 0 Å². The predicted molar refractivity (Wildman–Crippen MR) is 71.2 cm³/mol. The fourth-order valence-corrected chi connectivity index (χ4v) is 3.06. The average Bonchev–Trinajstić information content (AvgIpc) is 2.80. The first kappa shape index (κ1) is 13.3. The van der Waals surface area contributed by atoms with Gasteiger partial charge in [-0.1, -0.05) is 6.92 Å². The van der Waals surface area contributed by atoms with E-state index in [2.05, 4.69) is 30.6 Å². The Labute approximate surface area is 106 Å². The second kappa shape index (κ2) is 5.25. The Bertz CT molecular complexity index is 247. The van der Waals surface area contributed by atoms with Crippen LogP contribution in [0.25, 0.3) is 0 Å². The minimum atomic E-state index is -0.0455. The zero-order valence-corrected chi connectivity index (χ0v) is 11.7. The summed E-state index contributed by atoms with van der Waals surface area (Å²) < 4.78 is 0. The lowest BCUT2D eigenvalue weighted by Crippen LogP contribution is -2.47. The summed E-state index contributed by atoms with van der Waals surface area (Å²) in [4.78, 5) is 5.24. The van der Waals surface area contributed by atoms with Crippen molar-refractivity contribution in [2.75, 3.05) is 26.2 Å². The van der Waals surface area contributed by atoms with E-state index in [-0.39, 0.29) is 6.10 Å². The molecule has 2 fully saturated rings. The molecule has 2 saturated heterocycles. The second-order valence-electron chi connectivity index (χ2n) is 6.32. The van der Waals surface area contributed by atoms with Crippen LogP contribution in [0.4, 0.5) is 0 Å². The third-order valence-electron chi connectivity index (χ3n) is 4.90. The Morgan fingerprint density at radius 2 is 1.76 bits per heavy atom. The molecular weight excluding hydrogens is 212 g/mol. The molecule has 100 valence electrons. The Balaban J connectivity index is 1.85. The van der Waals surface area contributed by atoms with Gasteiger partial charge in [-0.15, -0.1) is 0 Å². The van der Waals surface area contributed by atoms with Crippen molar-refractivity contribution < 1.29 is 5.11 Å². The minimum absolute atomic E-state index is 0.0455. The summed E-state index contributed by atoms with van der Waals surface area (Å²) in [6.45, 7) is 11.6. The monoisotopic (exact) mass is 240 g/mol. The van der Waals surface area contributed by atoms with Gasteiger partial charge in [0.25, 0.3) is 0 Å². The fourth-order valence-electron chi connectivity index (χ4n) is 3.06. The summed E-state index contributed by atoms with van der Waals surface area (Å²) in [5, 5.41) is 9.55. The van der Waals surface area contributed by atoms with Crippen molar-refractivity contribution in [2.24, 2.45) is 0 Å². The normalized spacial score (nSPS) is 30.0. The first-order chi connectivity index (χ1) is 8.03.